The van der Waals surface area contributed by atoms with Crippen molar-refractivity contribution in [3.8, 4) is 5.75 Å². The van der Waals surface area contributed by atoms with Gasteiger partial charge < -0.3 is 14.9 Å². The average Bonchev–Trinajstić information content (AvgIpc) is 2.77. The van der Waals surface area contributed by atoms with Gasteiger partial charge in [-0.1, -0.05) is 60.7 Å². The summed E-state index contributed by atoms with van der Waals surface area (Å²) in [5, 5.41) is 9.49. The summed E-state index contributed by atoms with van der Waals surface area (Å²) >= 11 is 0. The molecule has 30 heavy (non-hydrogen) atoms. The number of rotatable bonds is 5. The third kappa shape index (κ3) is 4.51. The molecule has 4 rings (SSSR count). The molecule has 2 amide bonds. The number of phenols is 1. The van der Waals surface area contributed by atoms with E-state index in [1.165, 1.54) is 12.1 Å². The van der Waals surface area contributed by atoms with Crippen molar-refractivity contribution in [2.24, 2.45) is 0 Å². The molecule has 1 saturated heterocycles. The van der Waals surface area contributed by atoms with Crippen molar-refractivity contribution in [3.63, 3.8) is 0 Å². The van der Waals surface area contributed by atoms with E-state index in [1.807, 2.05) is 65.6 Å². The van der Waals surface area contributed by atoms with Crippen molar-refractivity contribution in [3.05, 3.63) is 102 Å². The number of carbonyl (C=O) groups is 2. The van der Waals surface area contributed by atoms with Crippen LogP contribution in [0.15, 0.2) is 84.9 Å². The molecule has 0 aliphatic carbocycles. The van der Waals surface area contributed by atoms with Crippen LogP contribution in [0.5, 0.6) is 5.75 Å². The molecule has 1 aliphatic rings. The predicted octanol–water partition coefficient (Wildman–Crippen LogP) is 3.49. The molecule has 0 unspecified atom stereocenters. The minimum atomic E-state index is -0.194. The molecule has 0 aromatic heterocycles. The summed E-state index contributed by atoms with van der Waals surface area (Å²) in [5.41, 5.74) is 2.67. The Morgan fingerprint density at radius 3 is 2.10 bits per heavy atom. The van der Waals surface area contributed by atoms with Crippen LogP contribution in [-0.4, -0.2) is 45.9 Å². The summed E-state index contributed by atoms with van der Waals surface area (Å²) in [5.74, 6) is -0.142. The Bertz CT molecular complexity index is 1000. The largest absolute Gasteiger partial charge is 0.508 e. The highest BCUT2D eigenvalue weighted by Gasteiger charge is 2.35. The van der Waals surface area contributed by atoms with Gasteiger partial charge in [-0.25, -0.2) is 0 Å². The molecule has 152 valence electrons. The molecule has 1 atom stereocenters. The van der Waals surface area contributed by atoms with Crippen LogP contribution in [0, 0.1) is 0 Å². The molecular weight excluding hydrogens is 376 g/mol. The topological polar surface area (TPSA) is 60.9 Å². The molecule has 1 N–H and O–H groups in total. The minimum absolute atomic E-state index is 0.0534. The second-order valence-corrected chi connectivity index (χ2v) is 7.58. The normalized spacial score (nSPS) is 16.5. The van der Waals surface area contributed by atoms with Crippen LogP contribution in [0.1, 0.15) is 21.5 Å². The van der Waals surface area contributed by atoms with Crippen molar-refractivity contribution >= 4 is 11.8 Å². The monoisotopic (exact) mass is 400 g/mol. The van der Waals surface area contributed by atoms with Crippen molar-refractivity contribution < 1.29 is 14.7 Å². The number of hydrogen-bond acceptors (Lipinski definition) is 3. The van der Waals surface area contributed by atoms with Gasteiger partial charge in [-0.15, -0.1) is 0 Å². The molecule has 1 aliphatic heterocycles. The fourth-order valence-corrected chi connectivity index (χ4v) is 3.87. The third-order valence-electron chi connectivity index (χ3n) is 5.43. The molecule has 0 radical (unpaired) electrons. The Labute approximate surface area is 176 Å². The average molecular weight is 400 g/mol. The standard InChI is InChI=1S/C25H24N2O3/c28-23-13-11-21(12-14-23)25(30)26-17-22(15-19-7-3-1-4-8-19)27(24(29)18-26)16-20-9-5-2-6-10-20/h1-14,22,28H,15-18H2/t22-/m0/s1. The first-order chi connectivity index (χ1) is 14.6. The second kappa shape index (κ2) is 8.82. The molecule has 3 aromatic carbocycles. The number of hydrogen-bond donors (Lipinski definition) is 1. The number of nitrogens with zero attached hydrogens (tertiary/aromatic N) is 2. The van der Waals surface area contributed by atoms with Gasteiger partial charge in [0.05, 0.1) is 6.04 Å². The molecule has 5 heteroatoms. The van der Waals surface area contributed by atoms with Crippen molar-refractivity contribution in [1.82, 2.24) is 9.80 Å². The first-order valence-electron chi connectivity index (χ1n) is 10.1. The molecule has 3 aromatic rings. The van der Waals surface area contributed by atoms with Gasteiger partial charge in [0.1, 0.15) is 12.3 Å². The molecule has 0 bridgehead atoms. The summed E-state index contributed by atoms with van der Waals surface area (Å²) in [4.78, 5) is 29.6. The quantitative estimate of drug-likeness (QED) is 0.713. The van der Waals surface area contributed by atoms with Crippen LogP contribution in [0.4, 0.5) is 0 Å². The van der Waals surface area contributed by atoms with Gasteiger partial charge in [0.2, 0.25) is 5.91 Å². The van der Waals surface area contributed by atoms with Gasteiger partial charge >= 0.3 is 0 Å². The number of aromatic hydroxyl groups is 1. The van der Waals surface area contributed by atoms with E-state index in [2.05, 4.69) is 0 Å². The number of benzene rings is 3. The highest BCUT2D eigenvalue weighted by Crippen LogP contribution is 2.21. The lowest BCUT2D eigenvalue weighted by molar-refractivity contribution is -0.139. The summed E-state index contributed by atoms with van der Waals surface area (Å²) in [7, 11) is 0. The lowest BCUT2D eigenvalue weighted by Gasteiger charge is -2.41. The summed E-state index contributed by atoms with van der Waals surface area (Å²) in [6.45, 7) is 1.05. The lowest BCUT2D eigenvalue weighted by atomic mass is 10.00. The van der Waals surface area contributed by atoms with Crippen LogP contribution in [0.2, 0.25) is 0 Å². The van der Waals surface area contributed by atoms with Gasteiger partial charge in [0.25, 0.3) is 5.91 Å². The summed E-state index contributed by atoms with van der Waals surface area (Å²) < 4.78 is 0. The van der Waals surface area contributed by atoms with Crippen LogP contribution in [0.25, 0.3) is 0 Å². The highest BCUT2D eigenvalue weighted by atomic mass is 16.3. The van der Waals surface area contributed by atoms with Crippen LogP contribution in [-0.2, 0) is 17.8 Å². The van der Waals surface area contributed by atoms with Gasteiger partial charge in [0, 0.05) is 18.7 Å². The zero-order valence-electron chi connectivity index (χ0n) is 16.6. The van der Waals surface area contributed by atoms with E-state index in [4.69, 9.17) is 0 Å². The number of piperazine rings is 1. The number of amides is 2. The van der Waals surface area contributed by atoms with Crippen molar-refractivity contribution in [1.29, 1.82) is 0 Å². The highest BCUT2D eigenvalue weighted by molar-refractivity contribution is 5.97. The zero-order valence-corrected chi connectivity index (χ0v) is 16.6. The Hall–Kier alpha value is -3.60. The van der Waals surface area contributed by atoms with Gasteiger partial charge in [0.15, 0.2) is 0 Å². The molecule has 1 fully saturated rings. The van der Waals surface area contributed by atoms with Gasteiger partial charge in [-0.2, -0.15) is 0 Å². The van der Waals surface area contributed by atoms with Crippen LogP contribution >= 0.6 is 0 Å². The summed E-state index contributed by atoms with van der Waals surface area (Å²) in [6.07, 6.45) is 0.679. The molecule has 0 spiro atoms. The lowest BCUT2D eigenvalue weighted by Crippen LogP contribution is -2.58. The Morgan fingerprint density at radius 1 is 0.867 bits per heavy atom. The number of phenolic OH excluding ortho intramolecular Hbond substituents is 1. The first kappa shape index (κ1) is 19.7. The minimum Gasteiger partial charge on any atom is -0.508 e. The van der Waals surface area contributed by atoms with E-state index < -0.39 is 0 Å². The van der Waals surface area contributed by atoms with Crippen LogP contribution in [0.3, 0.4) is 0 Å². The molecule has 0 saturated carbocycles. The SMILES string of the molecule is O=C(c1ccc(O)cc1)N1CC(=O)N(Cc2ccccc2)[C@@H](Cc2ccccc2)C1. The Kier molecular flexibility index (Phi) is 5.80. The maximum Gasteiger partial charge on any atom is 0.254 e. The Balaban J connectivity index is 1.58. The van der Waals surface area contributed by atoms with E-state index in [0.717, 1.165) is 11.1 Å². The maximum absolute atomic E-state index is 13.1. The number of carbonyl (C=O) groups excluding carboxylic acids is 2. The van der Waals surface area contributed by atoms with E-state index in [1.54, 1.807) is 17.0 Å². The van der Waals surface area contributed by atoms with Crippen molar-refractivity contribution in [2.45, 2.75) is 19.0 Å². The molecule has 1 heterocycles. The Morgan fingerprint density at radius 2 is 1.47 bits per heavy atom. The van der Waals surface area contributed by atoms with E-state index in [9.17, 15) is 14.7 Å². The second-order valence-electron chi connectivity index (χ2n) is 7.58. The van der Waals surface area contributed by atoms with Gasteiger partial charge in [-0.05, 0) is 41.8 Å². The zero-order chi connectivity index (χ0) is 20.9. The third-order valence-corrected chi connectivity index (χ3v) is 5.43. The van der Waals surface area contributed by atoms with Gasteiger partial charge in [-0.3, -0.25) is 9.59 Å². The maximum atomic E-state index is 13.1. The summed E-state index contributed by atoms with van der Waals surface area (Å²) in [6, 6.07) is 26.0. The van der Waals surface area contributed by atoms with E-state index >= 15 is 0 Å². The first-order valence-corrected chi connectivity index (χ1v) is 10.1. The fraction of sp³-hybridized carbons (Fsp3) is 0.200. The van der Waals surface area contributed by atoms with Crippen LogP contribution < -0.4 is 0 Å². The van der Waals surface area contributed by atoms with E-state index in [-0.39, 0.29) is 30.2 Å². The molecular formula is C25H24N2O3. The smallest absolute Gasteiger partial charge is 0.254 e. The molecule has 5 nitrogen and oxygen atoms in total. The fourth-order valence-electron chi connectivity index (χ4n) is 3.87. The van der Waals surface area contributed by atoms with E-state index in [0.29, 0.717) is 25.1 Å². The van der Waals surface area contributed by atoms with Crippen molar-refractivity contribution in [2.75, 3.05) is 13.1 Å². The predicted molar refractivity (Wildman–Crippen MR) is 115 cm³/mol.